The summed E-state index contributed by atoms with van der Waals surface area (Å²) in [4.78, 5) is 14.2. The van der Waals surface area contributed by atoms with Crippen LogP contribution in [-0.4, -0.2) is 32.8 Å². The van der Waals surface area contributed by atoms with E-state index in [4.69, 9.17) is 0 Å². The van der Waals surface area contributed by atoms with Gasteiger partial charge in [0.2, 0.25) is 5.43 Å². The molecular weight excluding hydrogens is 280 g/mol. The second-order valence-corrected chi connectivity index (χ2v) is 6.68. The molecule has 0 spiro atoms. The van der Waals surface area contributed by atoms with Crippen molar-refractivity contribution in [3.8, 4) is 5.75 Å². The molecule has 0 fully saturated rings. The zero-order chi connectivity index (χ0) is 16.9. The lowest BCUT2D eigenvalue weighted by Crippen LogP contribution is -2.33. The predicted octanol–water partition coefficient (Wildman–Crippen LogP) is 2.18. The van der Waals surface area contributed by atoms with Crippen molar-refractivity contribution in [2.75, 3.05) is 13.1 Å². The van der Waals surface area contributed by atoms with Crippen LogP contribution in [0.2, 0.25) is 0 Å². The molecule has 0 aromatic carbocycles. The number of hydrogen-bond donors (Lipinski definition) is 2. The third kappa shape index (κ3) is 4.85. The predicted molar refractivity (Wildman–Crippen MR) is 88.9 cm³/mol. The number of aliphatic hydroxyl groups excluding tert-OH is 1. The third-order valence-corrected chi connectivity index (χ3v) is 3.58. The van der Waals surface area contributed by atoms with E-state index in [2.05, 4.69) is 32.6 Å². The van der Waals surface area contributed by atoms with E-state index in [0.29, 0.717) is 36.3 Å². The first-order valence-electron chi connectivity index (χ1n) is 8.07. The largest absolute Gasteiger partial charge is 0.503 e. The molecule has 126 valence electrons. The first kappa shape index (κ1) is 18.7. The topological polar surface area (TPSA) is 65.7 Å². The van der Waals surface area contributed by atoms with Crippen LogP contribution >= 0.6 is 0 Å². The lowest BCUT2D eigenvalue weighted by molar-refractivity contribution is 0.201. The van der Waals surface area contributed by atoms with Crippen LogP contribution in [0.3, 0.4) is 0 Å². The van der Waals surface area contributed by atoms with Crippen molar-refractivity contribution in [2.24, 2.45) is 11.8 Å². The molecule has 0 radical (unpaired) electrons. The summed E-state index contributed by atoms with van der Waals surface area (Å²) in [6.45, 7) is 13.3. The molecule has 0 aliphatic carbocycles. The summed E-state index contributed by atoms with van der Waals surface area (Å²) in [5, 5.41) is 19.7. The van der Waals surface area contributed by atoms with Gasteiger partial charge in [0.25, 0.3) is 0 Å². The number of hydrogen-bond acceptors (Lipinski definition) is 4. The van der Waals surface area contributed by atoms with Crippen LogP contribution < -0.4 is 5.43 Å². The van der Waals surface area contributed by atoms with Crippen molar-refractivity contribution in [3.05, 3.63) is 27.7 Å². The summed E-state index contributed by atoms with van der Waals surface area (Å²) in [7, 11) is 0. The Morgan fingerprint density at radius 1 is 1.18 bits per heavy atom. The van der Waals surface area contributed by atoms with Gasteiger partial charge in [0.15, 0.2) is 5.75 Å². The van der Waals surface area contributed by atoms with Gasteiger partial charge in [-0.15, -0.1) is 0 Å². The van der Waals surface area contributed by atoms with Crippen LogP contribution in [-0.2, 0) is 19.7 Å². The Morgan fingerprint density at radius 2 is 1.73 bits per heavy atom. The van der Waals surface area contributed by atoms with E-state index < -0.39 is 5.43 Å². The van der Waals surface area contributed by atoms with Crippen molar-refractivity contribution in [3.63, 3.8) is 0 Å². The Bertz CT molecular complexity index is 525. The average Bonchev–Trinajstić information content (AvgIpc) is 2.42. The Labute approximate surface area is 133 Å². The van der Waals surface area contributed by atoms with E-state index in [1.165, 1.54) is 6.07 Å². The Balaban J connectivity index is 3.22. The molecule has 5 nitrogen and oxygen atoms in total. The molecule has 0 bridgehead atoms. The quantitative estimate of drug-likeness (QED) is 0.772. The third-order valence-electron chi connectivity index (χ3n) is 3.58. The minimum atomic E-state index is -0.419. The van der Waals surface area contributed by atoms with Gasteiger partial charge in [0, 0.05) is 37.9 Å². The van der Waals surface area contributed by atoms with Gasteiger partial charge < -0.3 is 14.8 Å². The average molecular weight is 310 g/mol. The van der Waals surface area contributed by atoms with Gasteiger partial charge in [0.1, 0.15) is 0 Å². The van der Waals surface area contributed by atoms with E-state index in [-0.39, 0.29) is 12.4 Å². The summed E-state index contributed by atoms with van der Waals surface area (Å²) in [6, 6.07) is 1.32. The molecule has 0 saturated heterocycles. The fourth-order valence-corrected chi connectivity index (χ4v) is 2.87. The Hall–Kier alpha value is -1.33. The number of aromatic nitrogens is 1. The van der Waals surface area contributed by atoms with Gasteiger partial charge >= 0.3 is 0 Å². The minimum Gasteiger partial charge on any atom is -0.503 e. The van der Waals surface area contributed by atoms with Crippen molar-refractivity contribution in [1.29, 1.82) is 0 Å². The van der Waals surface area contributed by atoms with Crippen LogP contribution in [0.15, 0.2) is 10.9 Å². The summed E-state index contributed by atoms with van der Waals surface area (Å²) in [6.07, 6.45) is 0. The second kappa shape index (κ2) is 8.34. The maximum absolute atomic E-state index is 11.9. The molecule has 1 aromatic rings. The van der Waals surface area contributed by atoms with E-state index in [0.717, 1.165) is 13.1 Å². The first-order chi connectivity index (χ1) is 10.3. The zero-order valence-corrected chi connectivity index (χ0v) is 14.5. The van der Waals surface area contributed by atoms with Crippen LogP contribution in [0.4, 0.5) is 0 Å². The number of aromatic hydroxyl groups is 1. The molecule has 1 rings (SSSR count). The maximum Gasteiger partial charge on any atom is 0.223 e. The summed E-state index contributed by atoms with van der Waals surface area (Å²) in [5.41, 5.74) is 0.729. The van der Waals surface area contributed by atoms with Crippen molar-refractivity contribution in [1.82, 2.24) is 9.47 Å². The molecule has 0 unspecified atom stereocenters. The molecule has 0 saturated carbocycles. The molecule has 5 heteroatoms. The monoisotopic (exact) mass is 310 g/mol. The Kier molecular flexibility index (Phi) is 7.10. The standard InChI is InChI=1S/C17H30N2O3/c1-6-19-14(11-20)7-16(21)17(22)15(19)10-18(8-12(2)3)9-13(4)5/h7,12-13,20,22H,6,8-11H2,1-5H3. The number of rotatable bonds is 8. The number of nitrogens with zero attached hydrogens (tertiary/aromatic N) is 2. The van der Waals surface area contributed by atoms with E-state index in [9.17, 15) is 15.0 Å². The smallest absolute Gasteiger partial charge is 0.223 e. The highest BCUT2D eigenvalue weighted by Crippen LogP contribution is 2.19. The molecule has 1 heterocycles. The van der Waals surface area contributed by atoms with Gasteiger partial charge in [-0.1, -0.05) is 27.7 Å². The lowest BCUT2D eigenvalue weighted by atomic mass is 10.1. The molecule has 1 aromatic heterocycles. The highest BCUT2D eigenvalue weighted by Gasteiger charge is 2.18. The molecule has 0 aliphatic rings. The van der Waals surface area contributed by atoms with E-state index in [1.54, 1.807) is 0 Å². The fraction of sp³-hybridized carbons (Fsp3) is 0.706. The maximum atomic E-state index is 11.9. The SMILES string of the molecule is CCn1c(CO)cc(=O)c(O)c1CN(CC(C)C)CC(C)C. The van der Waals surface area contributed by atoms with E-state index in [1.807, 2.05) is 11.5 Å². The van der Waals surface area contributed by atoms with Crippen LogP contribution in [0.5, 0.6) is 5.75 Å². The molecule has 0 amide bonds. The molecule has 0 aliphatic heterocycles. The summed E-state index contributed by atoms with van der Waals surface area (Å²) in [5.74, 6) is 0.809. The highest BCUT2D eigenvalue weighted by atomic mass is 16.3. The van der Waals surface area contributed by atoms with Crippen molar-refractivity contribution >= 4 is 0 Å². The van der Waals surface area contributed by atoms with Gasteiger partial charge in [-0.3, -0.25) is 9.69 Å². The van der Waals surface area contributed by atoms with Gasteiger partial charge in [-0.2, -0.15) is 0 Å². The van der Waals surface area contributed by atoms with Gasteiger partial charge in [-0.25, -0.2) is 0 Å². The number of aliphatic hydroxyl groups is 1. The van der Waals surface area contributed by atoms with Crippen molar-refractivity contribution in [2.45, 2.75) is 54.3 Å². The van der Waals surface area contributed by atoms with Crippen LogP contribution in [0.1, 0.15) is 46.0 Å². The van der Waals surface area contributed by atoms with Crippen LogP contribution in [0.25, 0.3) is 0 Å². The van der Waals surface area contributed by atoms with Gasteiger partial charge in [0.05, 0.1) is 12.3 Å². The first-order valence-corrected chi connectivity index (χ1v) is 8.07. The normalized spacial score (nSPS) is 11.9. The minimum absolute atomic E-state index is 0.198. The molecule has 22 heavy (non-hydrogen) atoms. The lowest BCUT2D eigenvalue weighted by Gasteiger charge is -2.28. The molecular formula is C17H30N2O3. The Morgan fingerprint density at radius 3 is 2.14 bits per heavy atom. The molecule has 0 atom stereocenters. The second-order valence-electron chi connectivity index (χ2n) is 6.68. The summed E-state index contributed by atoms with van der Waals surface area (Å²) >= 11 is 0. The summed E-state index contributed by atoms with van der Waals surface area (Å²) < 4.78 is 1.84. The fourth-order valence-electron chi connectivity index (χ4n) is 2.87. The highest BCUT2D eigenvalue weighted by molar-refractivity contribution is 5.30. The van der Waals surface area contributed by atoms with Crippen molar-refractivity contribution < 1.29 is 10.2 Å². The van der Waals surface area contributed by atoms with E-state index >= 15 is 0 Å². The number of pyridine rings is 1. The molecule has 2 N–H and O–H groups in total. The van der Waals surface area contributed by atoms with Gasteiger partial charge in [-0.05, 0) is 18.8 Å². The van der Waals surface area contributed by atoms with Crippen LogP contribution in [0, 0.1) is 11.8 Å². The zero-order valence-electron chi connectivity index (χ0n) is 14.5.